The Morgan fingerprint density at radius 1 is 1.25 bits per heavy atom. The van der Waals surface area contributed by atoms with Crippen molar-refractivity contribution in [1.29, 1.82) is 0 Å². The quantitative estimate of drug-likeness (QED) is 0.852. The van der Waals surface area contributed by atoms with Crippen LogP contribution < -0.4 is 10.2 Å². The van der Waals surface area contributed by atoms with Crippen molar-refractivity contribution in [2.45, 2.75) is 19.9 Å². The predicted molar refractivity (Wildman–Crippen MR) is 73.0 cm³/mol. The summed E-state index contributed by atoms with van der Waals surface area (Å²) in [7, 11) is 0. The largest absolute Gasteiger partial charge is 0.369 e. The highest BCUT2D eigenvalue weighted by Gasteiger charge is 2.19. The van der Waals surface area contributed by atoms with E-state index in [0.29, 0.717) is 12.0 Å². The van der Waals surface area contributed by atoms with Gasteiger partial charge in [0.1, 0.15) is 0 Å². The van der Waals surface area contributed by atoms with E-state index >= 15 is 0 Å². The summed E-state index contributed by atoms with van der Waals surface area (Å²) in [5.41, 5.74) is 1.31. The van der Waals surface area contributed by atoms with E-state index in [1.54, 1.807) is 0 Å². The molecule has 1 aliphatic rings. The van der Waals surface area contributed by atoms with Crippen LogP contribution in [0.4, 0.5) is 5.69 Å². The van der Waals surface area contributed by atoms with Crippen molar-refractivity contribution >= 4 is 21.6 Å². The van der Waals surface area contributed by atoms with E-state index < -0.39 is 0 Å². The van der Waals surface area contributed by atoms with E-state index in [-0.39, 0.29) is 0 Å². The molecular weight excluding hydrogens is 264 g/mol. The Hall–Kier alpha value is -0.540. The van der Waals surface area contributed by atoms with Gasteiger partial charge in [-0.1, -0.05) is 19.1 Å². The molecular formula is C13H19BrN2. The molecule has 16 heavy (non-hydrogen) atoms. The van der Waals surface area contributed by atoms with Crippen LogP contribution in [0.15, 0.2) is 28.7 Å². The third-order valence-corrected chi connectivity index (χ3v) is 3.70. The molecule has 88 valence electrons. The Kier molecular flexibility index (Phi) is 3.87. The first-order valence-corrected chi connectivity index (χ1v) is 6.69. The normalized spacial score (nSPS) is 26.6. The Labute approximate surface area is 106 Å². The van der Waals surface area contributed by atoms with Crippen LogP contribution in [-0.2, 0) is 0 Å². The van der Waals surface area contributed by atoms with Gasteiger partial charge in [-0.2, -0.15) is 0 Å². The van der Waals surface area contributed by atoms with Gasteiger partial charge in [0.05, 0.1) is 5.69 Å². The van der Waals surface area contributed by atoms with Crippen molar-refractivity contribution in [3.63, 3.8) is 0 Å². The van der Waals surface area contributed by atoms with Gasteiger partial charge in [-0.05, 0) is 47.4 Å². The molecule has 0 spiro atoms. The van der Waals surface area contributed by atoms with Gasteiger partial charge < -0.3 is 10.2 Å². The Morgan fingerprint density at radius 3 is 2.75 bits per heavy atom. The fourth-order valence-corrected chi connectivity index (χ4v) is 2.75. The smallest absolute Gasteiger partial charge is 0.0511 e. The molecule has 2 unspecified atom stereocenters. The molecule has 1 aliphatic heterocycles. The lowest BCUT2D eigenvalue weighted by Gasteiger charge is -2.27. The lowest BCUT2D eigenvalue weighted by Crippen LogP contribution is -2.35. The summed E-state index contributed by atoms with van der Waals surface area (Å²) in [5, 5.41) is 3.56. The monoisotopic (exact) mass is 282 g/mol. The molecule has 0 amide bonds. The van der Waals surface area contributed by atoms with Gasteiger partial charge in [-0.15, -0.1) is 0 Å². The highest BCUT2D eigenvalue weighted by Crippen LogP contribution is 2.27. The van der Waals surface area contributed by atoms with E-state index in [1.807, 2.05) is 0 Å². The number of para-hydroxylation sites is 1. The van der Waals surface area contributed by atoms with E-state index in [0.717, 1.165) is 19.6 Å². The molecule has 2 rings (SSSR count). The first-order chi connectivity index (χ1) is 7.66. The predicted octanol–water partition coefficient (Wildman–Crippen LogP) is 2.88. The molecule has 0 aliphatic carbocycles. The third kappa shape index (κ3) is 2.77. The van der Waals surface area contributed by atoms with Crippen LogP contribution in [0.25, 0.3) is 0 Å². The van der Waals surface area contributed by atoms with Crippen LogP contribution >= 0.6 is 15.9 Å². The van der Waals surface area contributed by atoms with Crippen molar-refractivity contribution in [3.05, 3.63) is 28.7 Å². The maximum Gasteiger partial charge on any atom is 0.0511 e. The molecule has 1 aromatic rings. The van der Waals surface area contributed by atoms with Crippen molar-refractivity contribution < 1.29 is 0 Å². The Bertz CT molecular complexity index is 342. The third-order valence-electron chi connectivity index (χ3n) is 3.03. The minimum atomic E-state index is 0.553. The average Bonchev–Trinajstić information content (AvgIpc) is 2.41. The molecule has 0 bridgehead atoms. The molecule has 1 saturated heterocycles. The summed E-state index contributed by atoms with van der Waals surface area (Å²) >= 11 is 3.64. The zero-order valence-electron chi connectivity index (χ0n) is 9.91. The molecule has 1 aromatic carbocycles. The van der Waals surface area contributed by atoms with E-state index in [9.17, 15) is 0 Å². The van der Waals surface area contributed by atoms with Crippen molar-refractivity contribution in [1.82, 2.24) is 5.32 Å². The molecule has 1 heterocycles. The maximum absolute atomic E-state index is 3.64. The summed E-state index contributed by atoms with van der Waals surface area (Å²) in [6, 6.07) is 9.03. The SMILES string of the molecule is CC1CNC(C)CN(c2ccccc2Br)C1. The lowest BCUT2D eigenvalue weighted by atomic mass is 10.1. The Morgan fingerprint density at radius 2 is 2.00 bits per heavy atom. The van der Waals surface area contributed by atoms with Gasteiger partial charge >= 0.3 is 0 Å². The zero-order valence-corrected chi connectivity index (χ0v) is 11.5. The van der Waals surface area contributed by atoms with Gasteiger partial charge in [-0.25, -0.2) is 0 Å². The van der Waals surface area contributed by atoms with Crippen LogP contribution in [-0.4, -0.2) is 25.7 Å². The van der Waals surface area contributed by atoms with Gasteiger partial charge in [0.15, 0.2) is 0 Å². The number of anilines is 1. The van der Waals surface area contributed by atoms with Gasteiger partial charge in [-0.3, -0.25) is 0 Å². The number of benzene rings is 1. The highest BCUT2D eigenvalue weighted by atomic mass is 79.9. The van der Waals surface area contributed by atoms with Gasteiger partial charge in [0.25, 0.3) is 0 Å². The fraction of sp³-hybridized carbons (Fsp3) is 0.538. The molecule has 0 aromatic heterocycles. The second-order valence-electron chi connectivity index (χ2n) is 4.77. The maximum atomic E-state index is 3.64. The second-order valence-corrected chi connectivity index (χ2v) is 5.63. The molecule has 2 nitrogen and oxygen atoms in total. The van der Waals surface area contributed by atoms with E-state index in [2.05, 4.69) is 64.3 Å². The van der Waals surface area contributed by atoms with Crippen LogP contribution in [0.1, 0.15) is 13.8 Å². The first-order valence-electron chi connectivity index (χ1n) is 5.89. The van der Waals surface area contributed by atoms with Gasteiger partial charge in [0.2, 0.25) is 0 Å². The number of nitrogens with one attached hydrogen (secondary N) is 1. The van der Waals surface area contributed by atoms with Gasteiger partial charge in [0, 0.05) is 23.6 Å². The minimum Gasteiger partial charge on any atom is -0.369 e. The lowest BCUT2D eigenvalue weighted by molar-refractivity contribution is 0.525. The summed E-state index contributed by atoms with van der Waals surface area (Å²) in [6.07, 6.45) is 0. The van der Waals surface area contributed by atoms with Crippen molar-refractivity contribution in [2.75, 3.05) is 24.5 Å². The zero-order chi connectivity index (χ0) is 11.5. The summed E-state index contributed by atoms with van der Waals surface area (Å²) < 4.78 is 1.19. The number of hydrogen-bond acceptors (Lipinski definition) is 2. The van der Waals surface area contributed by atoms with E-state index in [1.165, 1.54) is 10.2 Å². The summed E-state index contributed by atoms with van der Waals surface area (Å²) in [4.78, 5) is 2.47. The summed E-state index contributed by atoms with van der Waals surface area (Å²) in [5.74, 6) is 0.692. The fourth-order valence-electron chi connectivity index (χ4n) is 2.22. The van der Waals surface area contributed by atoms with E-state index in [4.69, 9.17) is 0 Å². The molecule has 0 saturated carbocycles. The van der Waals surface area contributed by atoms with Crippen LogP contribution in [0.3, 0.4) is 0 Å². The molecule has 2 atom stereocenters. The first kappa shape index (κ1) is 11.9. The molecule has 1 fully saturated rings. The summed E-state index contributed by atoms with van der Waals surface area (Å²) in [6.45, 7) is 7.87. The van der Waals surface area contributed by atoms with Crippen LogP contribution in [0.2, 0.25) is 0 Å². The minimum absolute atomic E-state index is 0.553. The topological polar surface area (TPSA) is 15.3 Å². The number of rotatable bonds is 1. The number of hydrogen-bond donors (Lipinski definition) is 1. The molecule has 3 heteroatoms. The van der Waals surface area contributed by atoms with Crippen molar-refractivity contribution in [3.8, 4) is 0 Å². The number of nitrogens with zero attached hydrogens (tertiary/aromatic N) is 1. The highest BCUT2D eigenvalue weighted by molar-refractivity contribution is 9.10. The Balaban J connectivity index is 2.21. The molecule has 1 N–H and O–H groups in total. The van der Waals surface area contributed by atoms with Crippen molar-refractivity contribution in [2.24, 2.45) is 5.92 Å². The van der Waals surface area contributed by atoms with Crippen LogP contribution in [0, 0.1) is 5.92 Å². The average molecular weight is 283 g/mol. The molecule has 0 radical (unpaired) electrons. The van der Waals surface area contributed by atoms with Crippen LogP contribution in [0.5, 0.6) is 0 Å². The second kappa shape index (κ2) is 5.19. The standard InChI is InChI=1S/C13H19BrN2/c1-10-7-15-11(2)9-16(8-10)13-6-4-3-5-12(13)14/h3-6,10-11,15H,7-9H2,1-2H3. The number of halogens is 1.